The number of benzene rings is 1. The summed E-state index contributed by atoms with van der Waals surface area (Å²) in [5.74, 6) is 1.45. The van der Waals surface area contributed by atoms with E-state index in [1.54, 1.807) is 0 Å². The van der Waals surface area contributed by atoms with Crippen molar-refractivity contribution in [2.45, 2.75) is 39.2 Å². The molecular weight excluding hydrogens is 170 g/mol. The van der Waals surface area contributed by atoms with Gasteiger partial charge in [-0.05, 0) is 55.7 Å². The molecule has 0 bridgehead atoms. The van der Waals surface area contributed by atoms with E-state index in [2.05, 4.69) is 39.0 Å². The van der Waals surface area contributed by atoms with Crippen LogP contribution in [0.25, 0.3) is 0 Å². The van der Waals surface area contributed by atoms with Gasteiger partial charge in [-0.15, -0.1) is 0 Å². The van der Waals surface area contributed by atoms with Gasteiger partial charge in [0.25, 0.3) is 0 Å². The first kappa shape index (κ1) is 9.72. The molecule has 0 amide bonds. The predicted octanol–water partition coefficient (Wildman–Crippen LogP) is 2.75. The number of hydrogen-bond acceptors (Lipinski definition) is 1. The lowest BCUT2D eigenvalue weighted by Crippen LogP contribution is -2.17. The summed E-state index contributed by atoms with van der Waals surface area (Å²) >= 11 is 0. The molecule has 0 aromatic heterocycles. The molecule has 0 radical (unpaired) electrons. The first-order valence-electron chi connectivity index (χ1n) is 5.42. The summed E-state index contributed by atoms with van der Waals surface area (Å²) in [7, 11) is 0. The third-order valence-electron chi connectivity index (χ3n) is 3.47. The summed E-state index contributed by atoms with van der Waals surface area (Å²) in [6.45, 7) is 6.46. The highest BCUT2D eigenvalue weighted by molar-refractivity contribution is 5.35. The Morgan fingerprint density at radius 1 is 1.29 bits per heavy atom. The maximum atomic E-state index is 5.89. The molecule has 1 aliphatic carbocycles. The van der Waals surface area contributed by atoms with Crippen molar-refractivity contribution in [2.75, 3.05) is 0 Å². The van der Waals surface area contributed by atoms with Crippen molar-refractivity contribution in [3.63, 3.8) is 0 Å². The van der Waals surface area contributed by atoms with Crippen LogP contribution >= 0.6 is 0 Å². The molecule has 1 heteroatoms. The van der Waals surface area contributed by atoms with Gasteiger partial charge in [0.2, 0.25) is 0 Å². The van der Waals surface area contributed by atoms with Gasteiger partial charge < -0.3 is 5.73 Å². The second-order valence-corrected chi connectivity index (χ2v) is 4.71. The number of rotatable bonds is 2. The largest absolute Gasteiger partial charge is 0.328 e. The molecule has 76 valence electrons. The summed E-state index contributed by atoms with van der Waals surface area (Å²) in [5.41, 5.74) is 10.2. The molecule has 1 saturated carbocycles. The van der Waals surface area contributed by atoms with Crippen LogP contribution in [-0.2, 0) is 0 Å². The zero-order valence-corrected chi connectivity index (χ0v) is 9.25. The lowest BCUT2D eigenvalue weighted by Gasteiger charge is -2.06. The van der Waals surface area contributed by atoms with Crippen molar-refractivity contribution in [1.82, 2.24) is 0 Å². The van der Waals surface area contributed by atoms with Crippen molar-refractivity contribution >= 4 is 0 Å². The molecule has 0 heterocycles. The van der Waals surface area contributed by atoms with E-state index in [9.17, 15) is 0 Å². The molecule has 2 N–H and O–H groups in total. The minimum atomic E-state index is 0.349. The summed E-state index contributed by atoms with van der Waals surface area (Å²) in [6.07, 6.45) is 1.28. The molecule has 14 heavy (non-hydrogen) atoms. The summed E-state index contributed by atoms with van der Waals surface area (Å²) in [6, 6.07) is 7.15. The third-order valence-corrected chi connectivity index (χ3v) is 3.47. The molecule has 0 unspecified atom stereocenters. The Balaban J connectivity index is 2.16. The highest BCUT2D eigenvalue weighted by Crippen LogP contribution is 2.49. The van der Waals surface area contributed by atoms with Crippen molar-refractivity contribution in [3.8, 4) is 0 Å². The number of aryl methyl sites for hydroxylation is 2. The van der Waals surface area contributed by atoms with Crippen LogP contribution in [0.3, 0.4) is 0 Å². The standard InChI is InChI=1S/C13H19N/c1-8-4-5-11(6-9(8)2)13-7-12(13)10(3)14/h4-6,10,12-13H,7,14H2,1-3H3/t10-,12+,13+/m1/s1. The van der Waals surface area contributed by atoms with E-state index in [-0.39, 0.29) is 0 Å². The zero-order valence-electron chi connectivity index (χ0n) is 9.25. The molecule has 1 fully saturated rings. The van der Waals surface area contributed by atoms with Gasteiger partial charge in [0.1, 0.15) is 0 Å². The van der Waals surface area contributed by atoms with E-state index in [1.807, 2.05) is 0 Å². The van der Waals surface area contributed by atoms with E-state index in [0.29, 0.717) is 6.04 Å². The molecule has 1 aromatic rings. The van der Waals surface area contributed by atoms with Gasteiger partial charge in [0.15, 0.2) is 0 Å². The molecule has 0 saturated heterocycles. The van der Waals surface area contributed by atoms with Gasteiger partial charge in [0, 0.05) is 6.04 Å². The molecule has 1 aliphatic rings. The van der Waals surface area contributed by atoms with E-state index >= 15 is 0 Å². The Bertz CT molecular complexity index is 341. The molecule has 0 spiro atoms. The van der Waals surface area contributed by atoms with Crippen LogP contribution in [0.15, 0.2) is 18.2 Å². The second kappa shape index (κ2) is 3.39. The average molecular weight is 189 g/mol. The van der Waals surface area contributed by atoms with Gasteiger partial charge in [-0.25, -0.2) is 0 Å². The number of hydrogen-bond donors (Lipinski definition) is 1. The van der Waals surface area contributed by atoms with Gasteiger partial charge in [0.05, 0.1) is 0 Å². The maximum Gasteiger partial charge on any atom is 0.00448 e. The van der Waals surface area contributed by atoms with E-state index in [0.717, 1.165) is 11.8 Å². The minimum Gasteiger partial charge on any atom is -0.328 e. The van der Waals surface area contributed by atoms with Gasteiger partial charge in [-0.1, -0.05) is 18.2 Å². The second-order valence-electron chi connectivity index (χ2n) is 4.71. The van der Waals surface area contributed by atoms with Crippen molar-refractivity contribution in [3.05, 3.63) is 34.9 Å². The summed E-state index contributed by atoms with van der Waals surface area (Å²) in [4.78, 5) is 0. The van der Waals surface area contributed by atoms with Gasteiger partial charge in [-0.3, -0.25) is 0 Å². The van der Waals surface area contributed by atoms with Crippen LogP contribution in [0.2, 0.25) is 0 Å². The van der Waals surface area contributed by atoms with Crippen LogP contribution in [-0.4, -0.2) is 6.04 Å². The van der Waals surface area contributed by atoms with Crippen molar-refractivity contribution < 1.29 is 0 Å². The Morgan fingerprint density at radius 3 is 2.50 bits per heavy atom. The first-order valence-corrected chi connectivity index (χ1v) is 5.42. The summed E-state index contributed by atoms with van der Waals surface area (Å²) < 4.78 is 0. The Kier molecular flexibility index (Phi) is 2.36. The highest BCUT2D eigenvalue weighted by Gasteiger charge is 2.40. The van der Waals surface area contributed by atoms with Crippen LogP contribution in [0.5, 0.6) is 0 Å². The Morgan fingerprint density at radius 2 is 2.00 bits per heavy atom. The summed E-state index contributed by atoms with van der Waals surface area (Å²) in [5, 5.41) is 0. The maximum absolute atomic E-state index is 5.89. The van der Waals surface area contributed by atoms with Gasteiger partial charge in [-0.2, -0.15) is 0 Å². The normalized spacial score (nSPS) is 27.4. The van der Waals surface area contributed by atoms with Crippen LogP contribution in [0.4, 0.5) is 0 Å². The SMILES string of the molecule is Cc1ccc([C@@H]2C[C@H]2[C@@H](C)N)cc1C. The molecule has 3 atom stereocenters. The van der Waals surface area contributed by atoms with E-state index in [4.69, 9.17) is 5.73 Å². The van der Waals surface area contributed by atoms with Crippen LogP contribution in [0, 0.1) is 19.8 Å². The first-order chi connectivity index (χ1) is 6.59. The smallest absolute Gasteiger partial charge is 0.00448 e. The monoisotopic (exact) mass is 189 g/mol. The predicted molar refractivity (Wildman–Crippen MR) is 60.4 cm³/mol. The lowest BCUT2D eigenvalue weighted by atomic mass is 10.0. The van der Waals surface area contributed by atoms with Crippen molar-refractivity contribution in [1.29, 1.82) is 0 Å². The topological polar surface area (TPSA) is 26.0 Å². The minimum absolute atomic E-state index is 0.349. The molecule has 2 rings (SSSR count). The fourth-order valence-corrected chi connectivity index (χ4v) is 2.17. The van der Waals surface area contributed by atoms with E-state index in [1.165, 1.54) is 23.1 Å². The third kappa shape index (κ3) is 1.69. The molecule has 0 aliphatic heterocycles. The fraction of sp³-hybridized carbons (Fsp3) is 0.538. The molecule has 1 nitrogen and oxygen atoms in total. The molecule has 1 aromatic carbocycles. The van der Waals surface area contributed by atoms with E-state index < -0.39 is 0 Å². The lowest BCUT2D eigenvalue weighted by molar-refractivity contribution is 0.631. The van der Waals surface area contributed by atoms with Crippen LogP contribution < -0.4 is 5.73 Å². The van der Waals surface area contributed by atoms with Crippen LogP contribution in [0.1, 0.15) is 36.0 Å². The average Bonchev–Trinajstić information content (AvgIpc) is 2.89. The van der Waals surface area contributed by atoms with Gasteiger partial charge >= 0.3 is 0 Å². The Hall–Kier alpha value is -0.820. The molecular formula is C13H19N. The van der Waals surface area contributed by atoms with Crippen molar-refractivity contribution in [2.24, 2.45) is 11.7 Å². The highest BCUT2D eigenvalue weighted by atomic mass is 14.7. The zero-order chi connectivity index (χ0) is 10.3. The fourth-order valence-electron chi connectivity index (χ4n) is 2.17. The number of nitrogens with two attached hydrogens (primary N) is 1. The quantitative estimate of drug-likeness (QED) is 0.760. The Labute approximate surface area is 86.3 Å².